The first-order valence-electron chi connectivity index (χ1n) is 6.33. The number of hydrogen-bond acceptors (Lipinski definition) is 4. The van der Waals surface area contributed by atoms with E-state index in [-0.39, 0.29) is 11.8 Å². The van der Waals surface area contributed by atoms with Gasteiger partial charge in [0.2, 0.25) is 0 Å². The van der Waals surface area contributed by atoms with E-state index < -0.39 is 9.84 Å². The quantitative estimate of drug-likeness (QED) is 0.807. The van der Waals surface area contributed by atoms with Crippen molar-refractivity contribution in [1.29, 1.82) is 0 Å². The molecule has 1 heterocycles. The molecule has 19 heavy (non-hydrogen) atoms. The third-order valence-corrected chi connectivity index (χ3v) is 4.93. The second kappa shape index (κ2) is 6.85. The van der Waals surface area contributed by atoms with Gasteiger partial charge in [-0.1, -0.05) is 6.92 Å². The number of rotatable bonds is 7. The third-order valence-electron chi connectivity index (χ3n) is 2.89. The Balaban J connectivity index is 2.87. The smallest absolute Gasteiger partial charge is 0.148 e. The van der Waals surface area contributed by atoms with Crippen molar-refractivity contribution >= 4 is 25.8 Å². The van der Waals surface area contributed by atoms with Crippen LogP contribution >= 0.6 is 15.9 Å². The molecule has 1 aromatic rings. The fraction of sp³-hybridized carbons (Fsp3) is 0.750. The van der Waals surface area contributed by atoms with Crippen LogP contribution in [0, 0.1) is 6.92 Å². The van der Waals surface area contributed by atoms with Crippen molar-refractivity contribution in [3.05, 3.63) is 15.9 Å². The molecule has 0 aromatic carbocycles. The number of hydrogen-bond donors (Lipinski definition) is 1. The van der Waals surface area contributed by atoms with Crippen LogP contribution < -0.4 is 5.32 Å². The first-order chi connectivity index (χ1) is 8.74. The Labute approximate surface area is 123 Å². The number of aryl methyl sites for hydroxylation is 2. The second-order valence-corrected chi connectivity index (χ2v) is 7.90. The van der Waals surface area contributed by atoms with Crippen LogP contribution in [0.2, 0.25) is 0 Å². The van der Waals surface area contributed by atoms with E-state index >= 15 is 0 Å². The normalized spacial score (nSPS) is 13.7. The van der Waals surface area contributed by atoms with E-state index in [1.54, 1.807) is 0 Å². The molecule has 0 radical (unpaired) electrons. The Morgan fingerprint density at radius 2 is 2.11 bits per heavy atom. The van der Waals surface area contributed by atoms with E-state index in [1.165, 1.54) is 6.26 Å². The summed E-state index contributed by atoms with van der Waals surface area (Å²) < 4.78 is 25.8. The molecule has 110 valence electrons. The Morgan fingerprint density at radius 1 is 1.47 bits per heavy atom. The monoisotopic (exact) mass is 351 g/mol. The summed E-state index contributed by atoms with van der Waals surface area (Å²) in [5, 5.41) is 7.63. The van der Waals surface area contributed by atoms with E-state index in [1.807, 2.05) is 18.7 Å². The summed E-state index contributed by atoms with van der Waals surface area (Å²) in [6, 6.07) is -0.0824. The van der Waals surface area contributed by atoms with Gasteiger partial charge in [0.15, 0.2) is 0 Å². The topological polar surface area (TPSA) is 64.0 Å². The van der Waals surface area contributed by atoms with Gasteiger partial charge in [-0.05, 0) is 35.8 Å². The molecule has 0 spiro atoms. The van der Waals surface area contributed by atoms with Crippen molar-refractivity contribution < 1.29 is 8.42 Å². The van der Waals surface area contributed by atoms with Crippen LogP contribution in [-0.4, -0.2) is 42.8 Å². The molecular formula is C12H22BrN3O2S. The van der Waals surface area contributed by atoms with Gasteiger partial charge in [-0.25, -0.2) is 8.42 Å². The Kier molecular flexibility index (Phi) is 6.01. The highest BCUT2D eigenvalue weighted by Gasteiger charge is 2.19. The fourth-order valence-corrected chi connectivity index (χ4v) is 3.50. The first kappa shape index (κ1) is 16.7. The molecule has 5 nitrogen and oxygen atoms in total. The zero-order chi connectivity index (χ0) is 14.6. The van der Waals surface area contributed by atoms with Crippen LogP contribution in [-0.2, 0) is 23.3 Å². The summed E-state index contributed by atoms with van der Waals surface area (Å²) in [7, 11) is -1.12. The standard InChI is InChI=1S/C12H22BrN3O2S/c1-5-6-14-10(8-19(4,17)18)7-11-12(13)9(2)15-16(11)3/h10,14H,5-8H2,1-4H3. The maximum Gasteiger partial charge on any atom is 0.148 e. The van der Waals surface area contributed by atoms with Gasteiger partial charge in [0.25, 0.3) is 0 Å². The van der Waals surface area contributed by atoms with E-state index in [4.69, 9.17) is 0 Å². The lowest BCUT2D eigenvalue weighted by Gasteiger charge is -2.18. The van der Waals surface area contributed by atoms with Gasteiger partial charge in [0, 0.05) is 25.8 Å². The minimum absolute atomic E-state index is 0.0824. The van der Waals surface area contributed by atoms with E-state index in [0.29, 0.717) is 6.42 Å². The molecule has 0 saturated carbocycles. The van der Waals surface area contributed by atoms with Gasteiger partial charge in [-0.3, -0.25) is 4.68 Å². The highest BCUT2D eigenvalue weighted by molar-refractivity contribution is 9.10. The van der Waals surface area contributed by atoms with Crippen LogP contribution in [0.5, 0.6) is 0 Å². The molecule has 1 rings (SSSR count). The van der Waals surface area contributed by atoms with Crippen molar-refractivity contribution in [2.45, 2.75) is 32.7 Å². The third kappa shape index (κ3) is 5.24. The molecule has 0 amide bonds. The summed E-state index contributed by atoms with van der Waals surface area (Å²) in [5.41, 5.74) is 1.95. The minimum Gasteiger partial charge on any atom is -0.313 e. The van der Waals surface area contributed by atoms with Gasteiger partial charge in [-0.15, -0.1) is 0 Å². The Morgan fingerprint density at radius 3 is 2.53 bits per heavy atom. The van der Waals surface area contributed by atoms with Gasteiger partial charge in [0.05, 0.1) is 21.6 Å². The summed E-state index contributed by atoms with van der Waals surface area (Å²) in [6.07, 6.45) is 2.90. The molecule has 0 fully saturated rings. The maximum absolute atomic E-state index is 11.5. The minimum atomic E-state index is -3.00. The van der Waals surface area contributed by atoms with Gasteiger partial charge in [-0.2, -0.15) is 5.10 Å². The molecule has 0 aliphatic carbocycles. The number of halogens is 1. The van der Waals surface area contributed by atoms with E-state index in [2.05, 4.69) is 33.3 Å². The molecule has 7 heteroatoms. The van der Waals surface area contributed by atoms with Crippen molar-refractivity contribution in [2.75, 3.05) is 18.6 Å². The molecule has 0 bridgehead atoms. The molecule has 0 saturated heterocycles. The molecule has 0 aliphatic rings. The van der Waals surface area contributed by atoms with Crippen LogP contribution in [0.3, 0.4) is 0 Å². The van der Waals surface area contributed by atoms with Crippen LogP contribution in [0.4, 0.5) is 0 Å². The zero-order valence-electron chi connectivity index (χ0n) is 11.9. The predicted molar refractivity (Wildman–Crippen MR) is 81.1 cm³/mol. The van der Waals surface area contributed by atoms with Crippen LogP contribution in [0.25, 0.3) is 0 Å². The van der Waals surface area contributed by atoms with Crippen LogP contribution in [0.1, 0.15) is 24.7 Å². The summed E-state index contributed by atoms with van der Waals surface area (Å²) >= 11 is 3.52. The Bertz CT molecular complexity index is 525. The SMILES string of the molecule is CCCNC(Cc1c(Br)c(C)nn1C)CS(C)(=O)=O. The number of nitrogens with one attached hydrogen (secondary N) is 1. The lowest BCUT2D eigenvalue weighted by Crippen LogP contribution is -2.38. The molecule has 1 N–H and O–H groups in total. The molecule has 1 atom stereocenters. The van der Waals surface area contributed by atoms with E-state index in [0.717, 1.165) is 28.8 Å². The van der Waals surface area contributed by atoms with Gasteiger partial charge >= 0.3 is 0 Å². The Hall–Kier alpha value is -0.400. The summed E-state index contributed by atoms with van der Waals surface area (Å²) in [5.74, 6) is 0.143. The number of aromatic nitrogens is 2. The fourth-order valence-electron chi connectivity index (χ4n) is 2.04. The van der Waals surface area contributed by atoms with Gasteiger partial charge in [0.1, 0.15) is 9.84 Å². The average molecular weight is 352 g/mol. The summed E-state index contributed by atoms with van der Waals surface area (Å²) in [4.78, 5) is 0. The lowest BCUT2D eigenvalue weighted by molar-refractivity contribution is 0.515. The van der Waals surface area contributed by atoms with E-state index in [9.17, 15) is 8.42 Å². The highest BCUT2D eigenvalue weighted by atomic mass is 79.9. The van der Waals surface area contributed by atoms with Crippen molar-refractivity contribution in [2.24, 2.45) is 7.05 Å². The first-order valence-corrected chi connectivity index (χ1v) is 9.19. The van der Waals surface area contributed by atoms with Crippen molar-refractivity contribution in [1.82, 2.24) is 15.1 Å². The lowest BCUT2D eigenvalue weighted by atomic mass is 10.1. The predicted octanol–water partition coefficient (Wildman–Crippen LogP) is 1.45. The molecule has 0 aliphatic heterocycles. The summed E-state index contributed by atoms with van der Waals surface area (Å²) in [6.45, 7) is 4.81. The van der Waals surface area contributed by atoms with Gasteiger partial charge < -0.3 is 5.32 Å². The van der Waals surface area contributed by atoms with Crippen molar-refractivity contribution in [3.63, 3.8) is 0 Å². The number of sulfone groups is 1. The molecule has 1 aromatic heterocycles. The largest absolute Gasteiger partial charge is 0.313 e. The van der Waals surface area contributed by atoms with Crippen LogP contribution in [0.15, 0.2) is 4.47 Å². The van der Waals surface area contributed by atoms with Crippen molar-refractivity contribution in [3.8, 4) is 0 Å². The molecular weight excluding hydrogens is 330 g/mol. The number of nitrogens with zero attached hydrogens (tertiary/aromatic N) is 2. The highest BCUT2D eigenvalue weighted by Crippen LogP contribution is 2.21. The zero-order valence-corrected chi connectivity index (χ0v) is 14.3. The average Bonchev–Trinajstić information content (AvgIpc) is 2.51. The second-order valence-electron chi connectivity index (χ2n) is 4.92. The molecule has 1 unspecified atom stereocenters. The maximum atomic E-state index is 11.5.